The van der Waals surface area contributed by atoms with E-state index in [1.54, 1.807) is 23.1 Å². The second-order valence-electron chi connectivity index (χ2n) is 4.95. The van der Waals surface area contributed by atoms with Gasteiger partial charge in [0.2, 0.25) is 5.91 Å². The molecule has 1 aromatic rings. The summed E-state index contributed by atoms with van der Waals surface area (Å²) >= 11 is 0. The number of benzene rings is 1. The fraction of sp³-hybridized carbons (Fsp3) is 0.467. The summed E-state index contributed by atoms with van der Waals surface area (Å²) in [6.07, 6.45) is 1.28. The van der Waals surface area contributed by atoms with Gasteiger partial charge in [-0.15, -0.1) is 0 Å². The molecule has 1 saturated heterocycles. The van der Waals surface area contributed by atoms with E-state index < -0.39 is 0 Å². The van der Waals surface area contributed by atoms with Crippen LogP contribution in [0.2, 0.25) is 0 Å². The third-order valence-electron chi connectivity index (χ3n) is 3.68. The number of amides is 1. The van der Waals surface area contributed by atoms with Crippen LogP contribution < -0.4 is 0 Å². The minimum absolute atomic E-state index is 0.0650. The Morgan fingerprint density at radius 1 is 1.30 bits per heavy atom. The van der Waals surface area contributed by atoms with Crippen molar-refractivity contribution in [3.05, 3.63) is 35.6 Å². The first-order chi connectivity index (χ1) is 9.61. The van der Waals surface area contributed by atoms with Crippen molar-refractivity contribution < 1.29 is 18.7 Å². The molecule has 0 aromatic heterocycles. The van der Waals surface area contributed by atoms with E-state index in [2.05, 4.69) is 0 Å². The lowest BCUT2D eigenvalue weighted by Crippen LogP contribution is -2.41. The van der Waals surface area contributed by atoms with Crippen molar-refractivity contribution in [2.75, 3.05) is 20.2 Å². The molecule has 1 amide bonds. The number of likely N-dealkylation sites (tertiary alicyclic amines) is 1. The number of carbonyl (C=O) groups excluding carboxylic acids is 2. The van der Waals surface area contributed by atoms with Crippen molar-refractivity contribution in [2.45, 2.75) is 19.3 Å². The lowest BCUT2D eigenvalue weighted by Gasteiger charge is -2.30. The van der Waals surface area contributed by atoms with Crippen LogP contribution in [0.25, 0.3) is 0 Å². The molecular weight excluding hydrogens is 261 g/mol. The molecule has 20 heavy (non-hydrogen) atoms. The van der Waals surface area contributed by atoms with E-state index in [0.29, 0.717) is 31.5 Å². The van der Waals surface area contributed by atoms with Gasteiger partial charge in [0.25, 0.3) is 0 Å². The Kier molecular flexibility index (Phi) is 4.71. The van der Waals surface area contributed by atoms with Crippen molar-refractivity contribution in [2.24, 2.45) is 5.92 Å². The predicted octanol–water partition coefficient (Wildman–Crippen LogP) is 1.78. The zero-order chi connectivity index (χ0) is 14.5. The minimum Gasteiger partial charge on any atom is -0.469 e. The van der Waals surface area contributed by atoms with Gasteiger partial charge in [0.15, 0.2) is 0 Å². The Morgan fingerprint density at radius 2 is 1.95 bits per heavy atom. The quantitative estimate of drug-likeness (QED) is 0.792. The molecule has 1 aliphatic heterocycles. The SMILES string of the molecule is COC(=O)C1CCN(C(=O)Cc2ccccc2F)CC1. The van der Waals surface area contributed by atoms with Crippen molar-refractivity contribution in [3.63, 3.8) is 0 Å². The molecule has 0 bridgehead atoms. The number of methoxy groups -OCH3 is 1. The molecule has 0 saturated carbocycles. The summed E-state index contributed by atoms with van der Waals surface area (Å²) in [6.45, 7) is 1.04. The van der Waals surface area contributed by atoms with Gasteiger partial charge in [0.05, 0.1) is 19.4 Å². The molecule has 0 atom stereocenters. The van der Waals surface area contributed by atoms with Crippen LogP contribution in [0.5, 0.6) is 0 Å². The summed E-state index contributed by atoms with van der Waals surface area (Å²) in [4.78, 5) is 25.2. The average Bonchev–Trinajstić information content (AvgIpc) is 2.49. The van der Waals surface area contributed by atoms with Gasteiger partial charge in [0, 0.05) is 13.1 Å². The number of nitrogens with zero attached hydrogens (tertiary/aromatic N) is 1. The molecule has 1 aliphatic rings. The van der Waals surface area contributed by atoms with Gasteiger partial charge in [-0.25, -0.2) is 4.39 Å². The minimum atomic E-state index is -0.356. The van der Waals surface area contributed by atoms with Gasteiger partial charge in [0.1, 0.15) is 5.82 Å². The van der Waals surface area contributed by atoms with Crippen LogP contribution in [0.1, 0.15) is 18.4 Å². The highest BCUT2D eigenvalue weighted by molar-refractivity contribution is 5.79. The number of hydrogen-bond donors (Lipinski definition) is 0. The van der Waals surface area contributed by atoms with Gasteiger partial charge >= 0.3 is 5.97 Å². The van der Waals surface area contributed by atoms with Gasteiger partial charge in [-0.3, -0.25) is 9.59 Å². The average molecular weight is 279 g/mol. The molecule has 0 aliphatic carbocycles. The maximum atomic E-state index is 13.5. The summed E-state index contributed by atoms with van der Waals surface area (Å²) in [7, 11) is 1.37. The van der Waals surface area contributed by atoms with E-state index in [-0.39, 0.29) is 30.0 Å². The van der Waals surface area contributed by atoms with Gasteiger partial charge in [-0.05, 0) is 24.5 Å². The summed E-state index contributed by atoms with van der Waals surface area (Å²) in [5.74, 6) is -0.799. The van der Waals surface area contributed by atoms with E-state index in [1.807, 2.05) is 0 Å². The molecular formula is C15H18FNO3. The van der Waals surface area contributed by atoms with Crippen LogP contribution >= 0.6 is 0 Å². The fourth-order valence-corrected chi connectivity index (χ4v) is 2.45. The molecule has 108 valence electrons. The van der Waals surface area contributed by atoms with E-state index in [0.717, 1.165) is 0 Å². The molecule has 0 unspecified atom stereocenters. The highest BCUT2D eigenvalue weighted by Gasteiger charge is 2.27. The molecule has 0 N–H and O–H groups in total. The van der Waals surface area contributed by atoms with Crippen LogP contribution in [0.4, 0.5) is 4.39 Å². The first kappa shape index (κ1) is 14.5. The fourth-order valence-electron chi connectivity index (χ4n) is 2.45. The number of hydrogen-bond acceptors (Lipinski definition) is 3. The number of rotatable bonds is 3. The summed E-state index contributed by atoms with van der Waals surface area (Å²) in [5, 5.41) is 0. The highest BCUT2D eigenvalue weighted by Crippen LogP contribution is 2.19. The zero-order valence-corrected chi connectivity index (χ0v) is 11.5. The molecule has 5 heteroatoms. The smallest absolute Gasteiger partial charge is 0.308 e. The number of piperidine rings is 1. The molecule has 0 spiro atoms. The third-order valence-corrected chi connectivity index (χ3v) is 3.68. The lowest BCUT2D eigenvalue weighted by atomic mass is 9.96. The Hall–Kier alpha value is -1.91. The first-order valence-corrected chi connectivity index (χ1v) is 6.71. The molecule has 0 radical (unpaired) electrons. The van der Waals surface area contributed by atoms with Crippen molar-refractivity contribution in [1.29, 1.82) is 0 Å². The lowest BCUT2D eigenvalue weighted by molar-refractivity contribution is -0.148. The molecule has 1 heterocycles. The monoisotopic (exact) mass is 279 g/mol. The van der Waals surface area contributed by atoms with Crippen LogP contribution in [-0.4, -0.2) is 37.0 Å². The van der Waals surface area contributed by atoms with E-state index in [1.165, 1.54) is 13.2 Å². The van der Waals surface area contributed by atoms with Gasteiger partial charge in [-0.1, -0.05) is 18.2 Å². The Balaban J connectivity index is 1.89. The molecule has 1 aromatic carbocycles. The van der Waals surface area contributed by atoms with Crippen LogP contribution in [0.15, 0.2) is 24.3 Å². The summed E-state index contributed by atoms with van der Waals surface area (Å²) < 4.78 is 18.2. The van der Waals surface area contributed by atoms with Crippen LogP contribution in [0, 0.1) is 11.7 Å². The maximum Gasteiger partial charge on any atom is 0.308 e. The third kappa shape index (κ3) is 3.35. The normalized spacial score (nSPS) is 16.0. The van der Waals surface area contributed by atoms with Gasteiger partial charge < -0.3 is 9.64 Å². The van der Waals surface area contributed by atoms with Crippen molar-refractivity contribution in [3.8, 4) is 0 Å². The second kappa shape index (κ2) is 6.50. The maximum absolute atomic E-state index is 13.5. The van der Waals surface area contributed by atoms with E-state index in [4.69, 9.17) is 4.74 Å². The topological polar surface area (TPSA) is 46.6 Å². The van der Waals surface area contributed by atoms with Gasteiger partial charge in [-0.2, -0.15) is 0 Å². The molecule has 1 fully saturated rings. The number of esters is 1. The summed E-state index contributed by atoms with van der Waals surface area (Å²) in [5.41, 5.74) is 0.410. The predicted molar refractivity (Wildman–Crippen MR) is 71.4 cm³/mol. The summed E-state index contributed by atoms with van der Waals surface area (Å²) in [6, 6.07) is 6.29. The molecule has 2 rings (SSSR count). The van der Waals surface area contributed by atoms with Crippen LogP contribution in [-0.2, 0) is 20.7 Å². The van der Waals surface area contributed by atoms with Crippen LogP contribution in [0.3, 0.4) is 0 Å². The Bertz CT molecular complexity index is 496. The number of halogens is 1. The molecule has 4 nitrogen and oxygen atoms in total. The van der Waals surface area contributed by atoms with E-state index in [9.17, 15) is 14.0 Å². The second-order valence-corrected chi connectivity index (χ2v) is 4.95. The van der Waals surface area contributed by atoms with Crippen molar-refractivity contribution in [1.82, 2.24) is 4.90 Å². The van der Waals surface area contributed by atoms with E-state index >= 15 is 0 Å². The Labute approximate surface area is 117 Å². The largest absolute Gasteiger partial charge is 0.469 e. The number of ether oxygens (including phenoxy) is 1. The first-order valence-electron chi connectivity index (χ1n) is 6.71. The highest BCUT2D eigenvalue weighted by atomic mass is 19.1. The Morgan fingerprint density at radius 3 is 2.55 bits per heavy atom. The zero-order valence-electron chi connectivity index (χ0n) is 11.5. The number of carbonyl (C=O) groups is 2. The van der Waals surface area contributed by atoms with Crippen molar-refractivity contribution >= 4 is 11.9 Å². The standard InChI is InChI=1S/C15H18FNO3/c1-20-15(19)11-6-8-17(9-7-11)14(18)10-12-4-2-3-5-13(12)16/h2-5,11H,6-10H2,1H3.